The highest BCUT2D eigenvalue weighted by atomic mass is 35.5. The van der Waals surface area contributed by atoms with Crippen LogP contribution in [-0.2, 0) is 4.74 Å². The molecule has 18 heavy (non-hydrogen) atoms. The Morgan fingerprint density at radius 1 is 0.556 bits per heavy atom. The van der Waals surface area contributed by atoms with Gasteiger partial charge in [-0.2, -0.15) is 35.1 Å². The number of hydrogen-bond acceptors (Lipinski definition) is 1. The minimum Gasteiger partial charge on any atom is -0.245 e. The van der Waals surface area contributed by atoms with Gasteiger partial charge >= 0.3 is 28.1 Å². The van der Waals surface area contributed by atoms with Crippen LogP contribution in [0.4, 0.5) is 39.5 Å². The topological polar surface area (TPSA) is 9.23 Å². The Hall–Kier alpha value is 0.200. The van der Waals surface area contributed by atoms with E-state index >= 15 is 0 Å². The summed E-state index contributed by atoms with van der Waals surface area (Å²) in [5.41, 5.74) is 0. The highest BCUT2D eigenvalue weighted by Gasteiger charge is 2.75. The van der Waals surface area contributed by atoms with E-state index in [0.29, 0.717) is 0 Å². The summed E-state index contributed by atoms with van der Waals surface area (Å²) in [5, 5.41) is -17.0. The van der Waals surface area contributed by atoms with Gasteiger partial charge in [0.15, 0.2) is 0 Å². The summed E-state index contributed by atoms with van der Waals surface area (Å²) in [6.07, 6.45) is -12.5. The van der Waals surface area contributed by atoms with Crippen LogP contribution in [0, 0.1) is 0 Å². The summed E-state index contributed by atoms with van der Waals surface area (Å²) in [7, 11) is 0. The fourth-order valence-electron chi connectivity index (χ4n) is 0.448. The minimum atomic E-state index is -6.28. The van der Waals surface area contributed by atoms with Gasteiger partial charge in [-0.1, -0.05) is 11.6 Å². The molecule has 0 spiro atoms. The summed E-state index contributed by atoms with van der Waals surface area (Å²) < 4.78 is 112. The molecule has 0 aliphatic carbocycles. The largest absolute Gasteiger partial charge is 0.439 e. The van der Waals surface area contributed by atoms with Gasteiger partial charge in [0.1, 0.15) is 0 Å². The van der Waals surface area contributed by atoms with Crippen LogP contribution in [-0.4, -0.2) is 28.1 Å². The molecule has 0 heterocycles. The predicted molar refractivity (Wildman–Crippen MR) is 42.3 cm³/mol. The molecule has 0 aromatic carbocycles. The second-order valence-corrected chi connectivity index (χ2v) is 4.18. The second-order valence-electron chi connectivity index (χ2n) is 2.71. The number of hydrogen-bond donors (Lipinski definition) is 0. The molecule has 13 heteroatoms. The number of alkyl halides is 12. The SMILES string of the molecule is FC(F)(Cl)C(F)(F)OC(F)(F)C(F)(Cl)C(F)(F)Cl. The average molecular weight is 353 g/mol. The number of ether oxygens (including phenoxy) is 1. The molecule has 0 aliphatic rings. The van der Waals surface area contributed by atoms with E-state index < -0.39 is 28.1 Å². The average Bonchev–Trinajstić information content (AvgIpc) is 1.96. The van der Waals surface area contributed by atoms with Gasteiger partial charge < -0.3 is 0 Å². The summed E-state index contributed by atoms with van der Waals surface area (Å²) in [4.78, 5) is 0. The van der Waals surface area contributed by atoms with Crippen molar-refractivity contribution in [2.75, 3.05) is 0 Å². The van der Waals surface area contributed by atoms with Gasteiger partial charge in [0.2, 0.25) is 0 Å². The molecule has 0 aromatic rings. The lowest BCUT2D eigenvalue weighted by molar-refractivity contribution is -0.439. The third-order valence-corrected chi connectivity index (χ3v) is 2.34. The van der Waals surface area contributed by atoms with Crippen LogP contribution in [0.5, 0.6) is 0 Å². The van der Waals surface area contributed by atoms with Crippen LogP contribution in [0.2, 0.25) is 0 Å². The van der Waals surface area contributed by atoms with Crippen molar-refractivity contribution in [3.63, 3.8) is 0 Å². The second kappa shape index (κ2) is 4.64. The lowest BCUT2D eigenvalue weighted by Crippen LogP contribution is -2.56. The lowest BCUT2D eigenvalue weighted by Gasteiger charge is -2.33. The van der Waals surface area contributed by atoms with Crippen molar-refractivity contribution in [3.8, 4) is 0 Å². The van der Waals surface area contributed by atoms with Crippen molar-refractivity contribution in [2.45, 2.75) is 28.1 Å². The minimum absolute atomic E-state index is 1.96. The normalized spacial score (nSPS) is 18.7. The third kappa shape index (κ3) is 3.40. The Bertz CT molecular complexity index is 306. The molecule has 0 N–H and O–H groups in total. The Kier molecular flexibility index (Phi) is 4.69. The molecule has 0 saturated carbocycles. The first-order valence-corrected chi connectivity index (χ1v) is 4.56. The van der Waals surface area contributed by atoms with Gasteiger partial charge in [-0.25, -0.2) is 9.13 Å². The van der Waals surface area contributed by atoms with E-state index in [4.69, 9.17) is 0 Å². The van der Waals surface area contributed by atoms with Gasteiger partial charge in [-0.05, 0) is 23.2 Å². The Balaban J connectivity index is 5.33. The number of rotatable bonds is 5. The van der Waals surface area contributed by atoms with Crippen LogP contribution in [0.1, 0.15) is 0 Å². The first kappa shape index (κ1) is 18.2. The molecular weight excluding hydrogens is 353 g/mol. The zero-order chi connectivity index (χ0) is 15.2. The third-order valence-electron chi connectivity index (χ3n) is 1.31. The summed E-state index contributed by atoms with van der Waals surface area (Å²) in [6, 6.07) is 0. The zero-order valence-electron chi connectivity index (χ0n) is 7.44. The highest BCUT2D eigenvalue weighted by molar-refractivity contribution is 6.32. The zero-order valence-corrected chi connectivity index (χ0v) is 9.71. The fraction of sp³-hybridized carbons (Fsp3) is 1.00. The Morgan fingerprint density at radius 3 is 1.11 bits per heavy atom. The van der Waals surface area contributed by atoms with E-state index in [0.717, 1.165) is 0 Å². The molecule has 0 rings (SSSR count). The molecule has 0 saturated heterocycles. The van der Waals surface area contributed by atoms with E-state index in [-0.39, 0.29) is 0 Å². The van der Waals surface area contributed by atoms with Gasteiger partial charge in [0.25, 0.3) is 0 Å². The maximum atomic E-state index is 12.7. The summed E-state index contributed by atoms with van der Waals surface area (Å²) in [5.74, 6) is 0. The van der Waals surface area contributed by atoms with E-state index in [1.807, 2.05) is 4.74 Å². The molecule has 0 radical (unpaired) electrons. The molecular formula is C5Cl3F9O. The monoisotopic (exact) mass is 352 g/mol. The van der Waals surface area contributed by atoms with E-state index in [1.165, 1.54) is 0 Å². The van der Waals surface area contributed by atoms with E-state index in [2.05, 4.69) is 34.8 Å². The Labute approximate surface area is 108 Å². The van der Waals surface area contributed by atoms with Gasteiger partial charge in [0.05, 0.1) is 0 Å². The standard InChI is InChI=1S/C5Cl3F9O/c6-1(9,2(7,10)11)4(14,15)18-5(16,17)3(8,12)13. The van der Waals surface area contributed by atoms with Crippen LogP contribution in [0.3, 0.4) is 0 Å². The maximum absolute atomic E-state index is 12.7. The first-order chi connectivity index (χ1) is 7.46. The molecule has 0 aromatic heterocycles. The summed E-state index contributed by atoms with van der Waals surface area (Å²) in [6.45, 7) is 0. The Morgan fingerprint density at radius 2 is 0.889 bits per heavy atom. The molecule has 0 bridgehead atoms. The van der Waals surface area contributed by atoms with Crippen molar-refractivity contribution in [3.05, 3.63) is 0 Å². The highest BCUT2D eigenvalue weighted by Crippen LogP contribution is 2.53. The first-order valence-electron chi connectivity index (χ1n) is 3.43. The van der Waals surface area contributed by atoms with Crippen LogP contribution in [0.25, 0.3) is 0 Å². The van der Waals surface area contributed by atoms with Crippen LogP contribution < -0.4 is 0 Å². The van der Waals surface area contributed by atoms with Crippen molar-refractivity contribution in [2.24, 2.45) is 0 Å². The van der Waals surface area contributed by atoms with E-state index in [1.54, 1.807) is 0 Å². The fourth-order valence-corrected chi connectivity index (χ4v) is 0.635. The molecule has 0 fully saturated rings. The van der Waals surface area contributed by atoms with Crippen molar-refractivity contribution in [1.82, 2.24) is 0 Å². The van der Waals surface area contributed by atoms with Crippen molar-refractivity contribution < 1.29 is 44.3 Å². The maximum Gasteiger partial charge on any atom is 0.439 e. The quantitative estimate of drug-likeness (QED) is 0.512. The van der Waals surface area contributed by atoms with Crippen molar-refractivity contribution in [1.29, 1.82) is 0 Å². The van der Waals surface area contributed by atoms with E-state index in [9.17, 15) is 39.5 Å². The predicted octanol–water partition coefficient (Wildman–Crippen LogP) is 4.76. The van der Waals surface area contributed by atoms with Crippen molar-refractivity contribution >= 4 is 34.8 Å². The molecule has 1 nitrogen and oxygen atoms in total. The van der Waals surface area contributed by atoms with Gasteiger partial charge in [-0.3, -0.25) is 0 Å². The number of halogens is 12. The molecule has 0 aliphatic heterocycles. The summed E-state index contributed by atoms with van der Waals surface area (Å²) >= 11 is 11.4. The van der Waals surface area contributed by atoms with Crippen LogP contribution in [0.15, 0.2) is 0 Å². The lowest BCUT2D eigenvalue weighted by atomic mass is 10.3. The molecule has 1 unspecified atom stereocenters. The molecule has 0 amide bonds. The molecule has 1 atom stereocenters. The smallest absolute Gasteiger partial charge is 0.245 e. The van der Waals surface area contributed by atoms with Crippen LogP contribution >= 0.6 is 34.8 Å². The van der Waals surface area contributed by atoms with Gasteiger partial charge in [0, 0.05) is 0 Å². The molecule has 110 valence electrons. The van der Waals surface area contributed by atoms with Gasteiger partial charge in [-0.15, -0.1) is 0 Å².